The van der Waals surface area contributed by atoms with Crippen LogP contribution in [0.2, 0.25) is 0 Å². The van der Waals surface area contributed by atoms with E-state index in [1.807, 2.05) is 19.1 Å². The highest BCUT2D eigenvalue weighted by molar-refractivity contribution is 5.92. The molecule has 0 amide bonds. The number of ether oxygens (including phenoxy) is 2. The molecule has 114 valence electrons. The molecule has 1 atom stereocenters. The average Bonchev–Trinajstić information content (AvgIpc) is 2.49. The Balaban J connectivity index is 2.05. The molecule has 0 saturated carbocycles. The first-order chi connectivity index (χ1) is 10.5. The lowest BCUT2D eigenvalue weighted by atomic mass is 10.2. The monoisotopic (exact) mass is 300 g/mol. The normalized spacial score (nSPS) is 11.5. The molecule has 2 aromatic rings. The first-order valence-corrected chi connectivity index (χ1v) is 6.74. The lowest BCUT2D eigenvalue weighted by molar-refractivity contribution is -0.141. The van der Waals surface area contributed by atoms with E-state index in [0.29, 0.717) is 5.75 Å². The van der Waals surface area contributed by atoms with Crippen molar-refractivity contribution in [3.8, 4) is 11.5 Å². The van der Waals surface area contributed by atoms with Crippen molar-refractivity contribution in [2.75, 3.05) is 0 Å². The highest BCUT2D eigenvalue weighted by atomic mass is 16.6. The minimum atomic E-state index is -1.16. The molecule has 0 aliphatic carbocycles. The first kappa shape index (κ1) is 15.6. The Bertz CT molecular complexity index is 676. The Morgan fingerprint density at radius 3 is 2.32 bits per heavy atom. The van der Waals surface area contributed by atoms with E-state index in [0.717, 1.165) is 5.56 Å². The Morgan fingerprint density at radius 1 is 1.05 bits per heavy atom. The molecule has 0 aliphatic rings. The van der Waals surface area contributed by atoms with Gasteiger partial charge in [0.1, 0.15) is 17.1 Å². The molecule has 0 fully saturated rings. The molecule has 2 rings (SSSR count). The van der Waals surface area contributed by atoms with E-state index < -0.39 is 18.0 Å². The van der Waals surface area contributed by atoms with E-state index in [1.54, 1.807) is 31.2 Å². The molecule has 0 aromatic heterocycles. The average molecular weight is 300 g/mol. The fourth-order valence-electron chi connectivity index (χ4n) is 1.79. The summed E-state index contributed by atoms with van der Waals surface area (Å²) in [6.45, 7) is 3.50. The van der Waals surface area contributed by atoms with Gasteiger partial charge in [-0.2, -0.15) is 0 Å². The van der Waals surface area contributed by atoms with Gasteiger partial charge in [0.15, 0.2) is 6.10 Å². The molecule has 0 bridgehead atoms. The van der Waals surface area contributed by atoms with Crippen LogP contribution in [-0.4, -0.2) is 23.1 Å². The molecule has 0 aliphatic heterocycles. The fourth-order valence-corrected chi connectivity index (χ4v) is 1.79. The second-order valence-electron chi connectivity index (χ2n) is 4.80. The second kappa shape index (κ2) is 6.76. The number of carboxylic acids is 1. The van der Waals surface area contributed by atoms with Gasteiger partial charge in [0.05, 0.1) is 0 Å². The van der Waals surface area contributed by atoms with Gasteiger partial charge in [0.2, 0.25) is 0 Å². The highest BCUT2D eigenvalue weighted by Gasteiger charge is 2.20. The van der Waals surface area contributed by atoms with Crippen LogP contribution in [0.1, 0.15) is 22.8 Å². The summed E-state index contributed by atoms with van der Waals surface area (Å²) in [6, 6.07) is 13.2. The van der Waals surface area contributed by atoms with Crippen molar-refractivity contribution < 1.29 is 24.2 Å². The van der Waals surface area contributed by atoms with Crippen molar-refractivity contribution in [2.45, 2.75) is 20.0 Å². The van der Waals surface area contributed by atoms with E-state index in [9.17, 15) is 9.59 Å². The van der Waals surface area contributed by atoms with Crippen LogP contribution in [0.15, 0.2) is 48.5 Å². The lowest BCUT2D eigenvalue weighted by Gasteiger charge is -2.14. The number of hydrogen-bond donors (Lipinski definition) is 1. The van der Waals surface area contributed by atoms with E-state index in [-0.39, 0.29) is 11.3 Å². The molecule has 0 heterocycles. The van der Waals surface area contributed by atoms with E-state index in [1.165, 1.54) is 12.1 Å². The summed E-state index contributed by atoms with van der Waals surface area (Å²) >= 11 is 0. The number of rotatable bonds is 5. The zero-order valence-corrected chi connectivity index (χ0v) is 12.3. The molecule has 0 saturated heterocycles. The van der Waals surface area contributed by atoms with Crippen molar-refractivity contribution in [3.05, 3.63) is 59.7 Å². The molecule has 0 spiro atoms. The summed E-state index contributed by atoms with van der Waals surface area (Å²) in [7, 11) is 0. The van der Waals surface area contributed by atoms with Crippen LogP contribution in [0.4, 0.5) is 0 Å². The van der Waals surface area contributed by atoms with Crippen LogP contribution in [0.3, 0.4) is 0 Å². The van der Waals surface area contributed by atoms with Crippen LogP contribution in [-0.2, 0) is 4.79 Å². The van der Waals surface area contributed by atoms with Crippen molar-refractivity contribution >= 4 is 11.9 Å². The predicted molar refractivity (Wildman–Crippen MR) is 80.3 cm³/mol. The molecular weight excluding hydrogens is 284 g/mol. The summed E-state index contributed by atoms with van der Waals surface area (Å²) in [5.41, 5.74) is 1.01. The number of aryl methyl sites for hydroxylation is 1. The topological polar surface area (TPSA) is 72.8 Å². The number of benzene rings is 2. The second-order valence-corrected chi connectivity index (χ2v) is 4.80. The number of aromatic carboxylic acids is 1. The van der Waals surface area contributed by atoms with Crippen LogP contribution in [0.25, 0.3) is 0 Å². The molecule has 1 unspecified atom stereocenters. The fraction of sp³-hybridized carbons (Fsp3) is 0.176. The standard InChI is InChI=1S/C17H16O5/c1-11-7-9-13(10-8-11)21-12(2)17(20)22-15-6-4-3-5-14(15)16(18)19/h3-10,12H,1-2H3,(H,18,19). The van der Waals surface area contributed by atoms with Crippen molar-refractivity contribution in [3.63, 3.8) is 0 Å². The molecule has 5 nitrogen and oxygen atoms in total. The number of carbonyl (C=O) groups is 2. The first-order valence-electron chi connectivity index (χ1n) is 6.74. The zero-order chi connectivity index (χ0) is 16.1. The maximum absolute atomic E-state index is 12.0. The van der Waals surface area contributed by atoms with E-state index >= 15 is 0 Å². The minimum absolute atomic E-state index is 0.000596. The zero-order valence-electron chi connectivity index (χ0n) is 12.3. The van der Waals surface area contributed by atoms with Crippen LogP contribution in [0.5, 0.6) is 11.5 Å². The molecule has 5 heteroatoms. The van der Waals surface area contributed by atoms with Crippen LogP contribution < -0.4 is 9.47 Å². The lowest BCUT2D eigenvalue weighted by Crippen LogP contribution is -2.28. The molecule has 1 N–H and O–H groups in total. The van der Waals surface area contributed by atoms with Gasteiger partial charge in [-0.05, 0) is 38.1 Å². The van der Waals surface area contributed by atoms with Gasteiger partial charge in [-0.15, -0.1) is 0 Å². The summed E-state index contributed by atoms with van der Waals surface area (Å²) < 4.78 is 10.6. The third kappa shape index (κ3) is 3.85. The van der Waals surface area contributed by atoms with E-state index in [2.05, 4.69) is 0 Å². The Morgan fingerprint density at radius 2 is 1.68 bits per heavy atom. The van der Waals surface area contributed by atoms with Gasteiger partial charge in [-0.1, -0.05) is 29.8 Å². The van der Waals surface area contributed by atoms with Gasteiger partial charge in [-0.3, -0.25) is 0 Å². The van der Waals surface area contributed by atoms with Crippen molar-refractivity contribution in [1.29, 1.82) is 0 Å². The van der Waals surface area contributed by atoms with Gasteiger partial charge >= 0.3 is 11.9 Å². The Kier molecular flexibility index (Phi) is 4.78. The quantitative estimate of drug-likeness (QED) is 0.678. The van der Waals surface area contributed by atoms with Gasteiger partial charge in [0.25, 0.3) is 0 Å². The van der Waals surface area contributed by atoms with E-state index in [4.69, 9.17) is 14.6 Å². The maximum Gasteiger partial charge on any atom is 0.352 e. The van der Waals surface area contributed by atoms with Crippen LogP contribution >= 0.6 is 0 Å². The molecule has 22 heavy (non-hydrogen) atoms. The largest absolute Gasteiger partial charge is 0.479 e. The maximum atomic E-state index is 12.0. The number of hydrogen-bond acceptors (Lipinski definition) is 4. The summed E-state index contributed by atoms with van der Waals surface area (Å²) in [4.78, 5) is 23.1. The summed E-state index contributed by atoms with van der Waals surface area (Å²) in [5, 5.41) is 9.06. The third-order valence-corrected chi connectivity index (χ3v) is 2.99. The smallest absolute Gasteiger partial charge is 0.352 e. The number of carboxylic acid groups (broad SMARTS) is 1. The van der Waals surface area contributed by atoms with Gasteiger partial charge in [0, 0.05) is 0 Å². The summed E-state index contributed by atoms with van der Waals surface area (Å²) in [5.74, 6) is -1.27. The minimum Gasteiger partial charge on any atom is -0.479 e. The van der Waals surface area contributed by atoms with Crippen molar-refractivity contribution in [2.24, 2.45) is 0 Å². The van der Waals surface area contributed by atoms with Crippen LogP contribution in [0, 0.1) is 6.92 Å². The molecule has 2 aromatic carbocycles. The summed E-state index contributed by atoms with van der Waals surface area (Å²) in [6.07, 6.45) is -0.857. The third-order valence-electron chi connectivity index (χ3n) is 2.99. The number of para-hydroxylation sites is 1. The predicted octanol–water partition coefficient (Wildman–Crippen LogP) is 3.07. The Hall–Kier alpha value is -2.82. The van der Waals surface area contributed by atoms with Gasteiger partial charge < -0.3 is 14.6 Å². The SMILES string of the molecule is Cc1ccc(OC(C)C(=O)Oc2ccccc2C(=O)O)cc1. The Labute approximate surface area is 128 Å². The number of carbonyl (C=O) groups excluding carboxylic acids is 1. The molecular formula is C17H16O5. The molecule has 0 radical (unpaired) electrons. The number of esters is 1. The van der Waals surface area contributed by atoms with Crippen molar-refractivity contribution in [1.82, 2.24) is 0 Å². The highest BCUT2D eigenvalue weighted by Crippen LogP contribution is 2.19. The van der Waals surface area contributed by atoms with Gasteiger partial charge in [-0.25, -0.2) is 9.59 Å².